The van der Waals surface area contributed by atoms with Crippen LogP contribution >= 0.6 is 11.8 Å². The van der Waals surface area contributed by atoms with Crippen LogP contribution in [-0.2, 0) is 25.3 Å². The number of rotatable bonds is 7. The minimum absolute atomic E-state index is 0.567. The Morgan fingerprint density at radius 1 is 1.05 bits per heavy atom. The van der Waals surface area contributed by atoms with E-state index in [0.717, 1.165) is 18.0 Å². The second kappa shape index (κ2) is 6.67. The summed E-state index contributed by atoms with van der Waals surface area (Å²) in [5.74, 6) is 3.42. The number of hydrogen-bond acceptors (Lipinski definition) is 8. The zero-order valence-corrected chi connectivity index (χ0v) is 12.1. The average Bonchev–Trinajstić information content (AvgIpc) is 2.99. The van der Waals surface area contributed by atoms with Crippen molar-refractivity contribution in [3.63, 3.8) is 0 Å². The highest BCUT2D eigenvalue weighted by atomic mass is 32.2. The zero-order chi connectivity index (χ0) is 13.7. The van der Waals surface area contributed by atoms with Gasteiger partial charge in [0.2, 0.25) is 11.8 Å². The molecule has 104 valence electrons. The van der Waals surface area contributed by atoms with E-state index in [1.807, 2.05) is 25.1 Å². The van der Waals surface area contributed by atoms with Gasteiger partial charge in [-0.25, -0.2) is 0 Å². The highest BCUT2D eigenvalue weighted by Gasteiger charge is 2.12. The van der Waals surface area contributed by atoms with Crippen LogP contribution in [0.2, 0.25) is 0 Å². The molecule has 2 heterocycles. The standard InChI is InChI=1S/C11H17N5O2S/c1-4-10-12-8(14-17-10)5-16(2)6-11-13-9(7-19-3)15-18-11/h4-7H2,1-3H3. The van der Waals surface area contributed by atoms with Gasteiger partial charge in [0.15, 0.2) is 11.6 Å². The zero-order valence-electron chi connectivity index (χ0n) is 11.3. The maximum absolute atomic E-state index is 5.17. The van der Waals surface area contributed by atoms with Crippen LogP contribution < -0.4 is 0 Å². The summed E-state index contributed by atoms with van der Waals surface area (Å²) in [4.78, 5) is 10.6. The molecule has 0 radical (unpaired) electrons. The lowest BCUT2D eigenvalue weighted by Crippen LogP contribution is -2.18. The molecule has 7 nitrogen and oxygen atoms in total. The molecular weight excluding hydrogens is 266 g/mol. The van der Waals surface area contributed by atoms with E-state index in [2.05, 4.69) is 20.3 Å². The maximum atomic E-state index is 5.17. The van der Waals surface area contributed by atoms with Crippen LogP contribution in [0.5, 0.6) is 0 Å². The Bertz CT molecular complexity index is 513. The first-order chi connectivity index (χ1) is 9.21. The van der Waals surface area contributed by atoms with Crippen molar-refractivity contribution in [2.75, 3.05) is 13.3 Å². The van der Waals surface area contributed by atoms with Crippen molar-refractivity contribution < 1.29 is 9.05 Å². The number of aryl methyl sites for hydroxylation is 1. The van der Waals surface area contributed by atoms with Gasteiger partial charge in [-0.15, -0.1) is 0 Å². The number of thioether (sulfide) groups is 1. The Balaban J connectivity index is 1.87. The first-order valence-electron chi connectivity index (χ1n) is 6.01. The first-order valence-corrected chi connectivity index (χ1v) is 7.41. The molecule has 0 saturated heterocycles. The maximum Gasteiger partial charge on any atom is 0.240 e. The average molecular weight is 283 g/mol. The van der Waals surface area contributed by atoms with Crippen LogP contribution in [0, 0.1) is 0 Å². The Kier molecular flexibility index (Phi) is 4.92. The Morgan fingerprint density at radius 3 is 2.42 bits per heavy atom. The molecule has 0 aliphatic heterocycles. The lowest BCUT2D eigenvalue weighted by atomic mass is 10.4. The van der Waals surface area contributed by atoms with Crippen LogP contribution in [0.25, 0.3) is 0 Å². The van der Waals surface area contributed by atoms with Crippen LogP contribution in [0.3, 0.4) is 0 Å². The second-order valence-corrected chi connectivity index (χ2v) is 5.03. The minimum atomic E-state index is 0.567. The van der Waals surface area contributed by atoms with E-state index in [-0.39, 0.29) is 0 Å². The van der Waals surface area contributed by atoms with Gasteiger partial charge < -0.3 is 9.05 Å². The van der Waals surface area contributed by atoms with Crippen molar-refractivity contribution in [2.24, 2.45) is 0 Å². The molecule has 19 heavy (non-hydrogen) atoms. The summed E-state index contributed by atoms with van der Waals surface area (Å²) in [7, 11) is 1.94. The molecule has 0 spiro atoms. The van der Waals surface area contributed by atoms with E-state index in [1.165, 1.54) is 0 Å². The molecule has 0 atom stereocenters. The molecule has 2 rings (SSSR count). The largest absolute Gasteiger partial charge is 0.339 e. The van der Waals surface area contributed by atoms with Gasteiger partial charge in [-0.05, 0) is 13.3 Å². The third kappa shape index (κ3) is 4.03. The third-order valence-electron chi connectivity index (χ3n) is 2.41. The summed E-state index contributed by atoms with van der Waals surface area (Å²) < 4.78 is 10.2. The summed E-state index contributed by atoms with van der Waals surface area (Å²) in [5, 5.41) is 7.81. The topological polar surface area (TPSA) is 81.1 Å². The SMILES string of the molecule is CCc1nc(CN(C)Cc2nc(CSC)no2)no1. The molecule has 8 heteroatoms. The number of hydrogen-bond donors (Lipinski definition) is 0. The molecule has 0 saturated carbocycles. The van der Waals surface area contributed by atoms with E-state index in [9.17, 15) is 0 Å². The Hall–Kier alpha value is -1.41. The highest BCUT2D eigenvalue weighted by Crippen LogP contribution is 2.08. The van der Waals surface area contributed by atoms with Gasteiger partial charge in [0, 0.05) is 6.42 Å². The van der Waals surface area contributed by atoms with E-state index >= 15 is 0 Å². The van der Waals surface area contributed by atoms with Gasteiger partial charge >= 0.3 is 0 Å². The molecule has 0 unspecified atom stereocenters. The van der Waals surface area contributed by atoms with Crippen molar-refractivity contribution in [1.82, 2.24) is 25.2 Å². The van der Waals surface area contributed by atoms with E-state index in [4.69, 9.17) is 9.05 Å². The van der Waals surface area contributed by atoms with Crippen LogP contribution in [-0.4, -0.2) is 38.5 Å². The van der Waals surface area contributed by atoms with Gasteiger partial charge in [0.25, 0.3) is 0 Å². The fraction of sp³-hybridized carbons (Fsp3) is 0.636. The fourth-order valence-electron chi connectivity index (χ4n) is 1.57. The minimum Gasteiger partial charge on any atom is -0.339 e. The van der Waals surface area contributed by atoms with Gasteiger partial charge in [0.1, 0.15) is 0 Å². The van der Waals surface area contributed by atoms with Crippen LogP contribution in [0.4, 0.5) is 0 Å². The van der Waals surface area contributed by atoms with Gasteiger partial charge in [-0.3, -0.25) is 4.90 Å². The first kappa shape index (κ1) is 14.0. The molecular formula is C11H17N5O2S. The third-order valence-corrected chi connectivity index (χ3v) is 2.96. The summed E-state index contributed by atoms with van der Waals surface area (Å²) >= 11 is 1.66. The van der Waals surface area contributed by atoms with Crippen molar-refractivity contribution in [3.05, 3.63) is 23.4 Å². The second-order valence-electron chi connectivity index (χ2n) is 4.17. The van der Waals surface area contributed by atoms with Crippen molar-refractivity contribution >= 4 is 11.8 Å². The summed E-state index contributed by atoms with van der Waals surface area (Å²) in [6.07, 6.45) is 2.75. The monoisotopic (exact) mass is 283 g/mol. The molecule has 2 aromatic rings. The number of nitrogens with zero attached hydrogens (tertiary/aromatic N) is 5. The fourth-order valence-corrected chi connectivity index (χ4v) is 1.94. The Morgan fingerprint density at radius 2 is 1.74 bits per heavy atom. The van der Waals surface area contributed by atoms with E-state index < -0.39 is 0 Å². The van der Waals surface area contributed by atoms with E-state index in [1.54, 1.807) is 11.8 Å². The predicted molar refractivity (Wildman–Crippen MR) is 70.4 cm³/mol. The van der Waals surface area contributed by atoms with E-state index in [0.29, 0.717) is 30.7 Å². The van der Waals surface area contributed by atoms with Gasteiger partial charge in [-0.1, -0.05) is 17.2 Å². The predicted octanol–water partition coefficient (Wildman–Crippen LogP) is 1.51. The quantitative estimate of drug-likeness (QED) is 0.756. The van der Waals surface area contributed by atoms with Crippen molar-refractivity contribution in [1.29, 1.82) is 0 Å². The van der Waals surface area contributed by atoms with Gasteiger partial charge in [-0.2, -0.15) is 21.7 Å². The van der Waals surface area contributed by atoms with Crippen LogP contribution in [0.1, 0.15) is 30.4 Å². The number of aromatic nitrogens is 4. The molecule has 0 aromatic carbocycles. The summed E-state index contributed by atoms with van der Waals surface area (Å²) in [5.41, 5.74) is 0. The Labute approximate surface area is 115 Å². The molecule has 0 aliphatic carbocycles. The molecule has 2 aromatic heterocycles. The lowest BCUT2D eigenvalue weighted by Gasteiger charge is -2.10. The molecule has 0 fully saturated rings. The molecule has 0 N–H and O–H groups in total. The van der Waals surface area contributed by atoms with Gasteiger partial charge in [0.05, 0.1) is 18.8 Å². The van der Waals surface area contributed by atoms with Crippen molar-refractivity contribution in [3.8, 4) is 0 Å². The summed E-state index contributed by atoms with van der Waals surface area (Å²) in [6, 6.07) is 0. The van der Waals surface area contributed by atoms with Crippen molar-refractivity contribution in [2.45, 2.75) is 32.2 Å². The normalized spacial score (nSPS) is 11.4. The lowest BCUT2D eigenvalue weighted by molar-refractivity contribution is 0.252. The smallest absolute Gasteiger partial charge is 0.240 e. The molecule has 0 bridgehead atoms. The summed E-state index contributed by atoms with van der Waals surface area (Å²) in [6.45, 7) is 3.13. The van der Waals surface area contributed by atoms with Crippen LogP contribution in [0.15, 0.2) is 9.05 Å². The molecule has 0 aliphatic rings. The molecule has 0 amide bonds. The highest BCUT2D eigenvalue weighted by molar-refractivity contribution is 7.97.